The third kappa shape index (κ3) is 4.36. The van der Waals surface area contributed by atoms with E-state index in [4.69, 9.17) is 5.11 Å². The van der Waals surface area contributed by atoms with Crippen molar-refractivity contribution in [2.75, 3.05) is 0 Å². The first-order chi connectivity index (χ1) is 12.8. The van der Waals surface area contributed by atoms with Crippen LogP contribution in [-0.2, 0) is 22.3 Å². The molecule has 1 aliphatic rings. The number of hydrogen-bond acceptors (Lipinski definition) is 3. The number of carbonyl (C=O) groups is 1. The van der Waals surface area contributed by atoms with Crippen molar-refractivity contribution >= 4 is 23.8 Å². The number of rotatable bonds is 5. The van der Waals surface area contributed by atoms with E-state index in [9.17, 15) is 18.0 Å². The van der Waals surface area contributed by atoms with Crippen molar-refractivity contribution in [2.24, 2.45) is 0 Å². The van der Waals surface area contributed by atoms with Gasteiger partial charge in [-0.05, 0) is 40.3 Å². The van der Waals surface area contributed by atoms with Crippen molar-refractivity contribution in [3.63, 3.8) is 0 Å². The third-order valence-electron chi connectivity index (χ3n) is 4.16. The van der Waals surface area contributed by atoms with E-state index < -0.39 is 22.6 Å². The second kappa shape index (κ2) is 7.52. The fraction of sp³-hybridized carbons (Fsp3) is 0.150. The third-order valence-corrected chi connectivity index (χ3v) is 5.29. The van der Waals surface area contributed by atoms with Crippen LogP contribution in [0.1, 0.15) is 22.3 Å². The molecule has 0 spiro atoms. The molecular weight excluding hydrogens is 375 g/mol. The van der Waals surface area contributed by atoms with Crippen LogP contribution in [0.3, 0.4) is 0 Å². The van der Waals surface area contributed by atoms with Gasteiger partial charge in [-0.15, -0.1) is 0 Å². The van der Waals surface area contributed by atoms with Crippen LogP contribution in [0.15, 0.2) is 66.2 Å². The van der Waals surface area contributed by atoms with Crippen LogP contribution in [0.2, 0.25) is 0 Å². The first-order valence-corrected chi connectivity index (χ1v) is 8.95. The van der Waals surface area contributed by atoms with E-state index in [1.807, 2.05) is 23.6 Å². The summed E-state index contributed by atoms with van der Waals surface area (Å²) in [7, 11) is 0. The van der Waals surface area contributed by atoms with Gasteiger partial charge >= 0.3 is 12.1 Å². The standard InChI is InChI=1S/C20H16F3NO2S/c21-20(22,23)17-7-5-16(6-8-17)19(24-11-12-27-19)10-9-14-3-1-2-4-15(14)13-18(25)26/h1-12,24H,13H2,(H,25,26)/b10-9+. The summed E-state index contributed by atoms with van der Waals surface area (Å²) in [6.45, 7) is 0. The van der Waals surface area contributed by atoms with Crippen molar-refractivity contribution in [1.29, 1.82) is 0 Å². The van der Waals surface area contributed by atoms with E-state index in [0.29, 0.717) is 11.1 Å². The molecule has 3 rings (SSSR count). The van der Waals surface area contributed by atoms with Crippen molar-refractivity contribution in [3.05, 3.63) is 88.5 Å². The lowest BCUT2D eigenvalue weighted by Gasteiger charge is -2.26. The van der Waals surface area contributed by atoms with E-state index in [1.54, 1.807) is 24.4 Å². The molecule has 0 aliphatic carbocycles. The normalized spacial score (nSPS) is 19.4. The number of carboxylic acid groups (broad SMARTS) is 1. The molecule has 2 aromatic carbocycles. The minimum absolute atomic E-state index is 0.105. The molecule has 140 valence electrons. The summed E-state index contributed by atoms with van der Waals surface area (Å²) in [5, 5.41) is 14.0. The molecule has 1 heterocycles. The van der Waals surface area contributed by atoms with Crippen LogP contribution >= 0.6 is 11.8 Å². The van der Waals surface area contributed by atoms with Crippen molar-refractivity contribution in [3.8, 4) is 0 Å². The highest BCUT2D eigenvalue weighted by atomic mass is 32.2. The van der Waals surface area contributed by atoms with Gasteiger partial charge in [-0.2, -0.15) is 13.2 Å². The van der Waals surface area contributed by atoms with E-state index >= 15 is 0 Å². The van der Waals surface area contributed by atoms with Crippen molar-refractivity contribution in [1.82, 2.24) is 5.32 Å². The Morgan fingerprint density at radius 1 is 1.15 bits per heavy atom. The zero-order chi connectivity index (χ0) is 19.5. The van der Waals surface area contributed by atoms with E-state index in [-0.39, 0.29) is 6.42 Å². The maximum absolute atomic E-state index is 12.8. The van der Waals surface area contributed by atoms with Gasteiger partial charge < -0.3 is 10.4 Å². The Bertz CT molecular complexity index is 881. The monoisotopic (exact) mass is 391 g/mol. The smallest absolute Gasteiger partial charge is 0.416 e. The summed E-state index contributed by atoms with van der Waals surface area (Å²) in [4.78, 5) is 10.3. The minimum atomic E-state index is -4.38. The fourth-order valence-electron chi connectivity index (χ4n) is 2.80. The average molecular weight is 391 g/mol. The number of halogens is 3. The van der Waals surface area contributed by atoms with Gasteiger partial charge in [0, 0.05) is 6.20 Å². The van der Waals surface area contributed by atoms with Crippen LogP contribution < -0.4 is 5.32 Å². The second-order valence-corrected chi connectivity index (χ2v) is 7.13. The molecular formula is C20H16F3NO2S. The van der Waals surface area contributed by atoms with Crippen LogP contribution in [0.25, 0.3) is 6.08 Å². The van der Waals surface area contributed by atoms with Crippen LogP contribution in [0.4, 0.5) is 13.2 Å². The average Bonchev–Trinajstić information content (AvgIpc) is 3.10. The van der Waals surface area contributed by atoms with E-state index in [2.05, 4.69) is 5.32 Å². The van der Waals surface area contributed by atoms with E-state index in [1.165, 1.54) is 23.9 Å². The maximum Gasteiger partial charge on any atom is 0.416 e. The van der Waals surface area contributed by atoms with Gasteiger partial charge in [0.1, 0.15) is 4.87 Å². The highest BCUT2D eigenvalue weighted by Gasteiger charge is 2.34. The van der Waals surface area contributed by atoms with Gasteiger partial charge in [0.15, 0.2) is 0 Å². The molecule has 7 heteroatoms. The minimum Gasteiger partial charge on any atom is -0.481 e. The zero-order valence-electron chi connectivity index (χ0n) is 14.0. The Morgan fingerprint density at radius 2 is 1.85 bits per heavy atom. The number of thioether (sulfide) groups is 1. The molecule has 0 amide bonds. The quantitative estimate of drug-likeness (QED) is 0.753. The number of aliphatic carboxylic acids is 1. The Morgan fingerprint density at radius 3 is 2.44 bits per heavy atom. The predicted molar refractivity (Wildman–Crippen MR) is 99.8 cm³/mol. The first-order valence-electron chi connectivity index (χ1n) is 8.07. The number of nitrogens with one attached hydrogen (secondary N) is 1. The first kappa shape index (κ1) is 19.1. The molecule has 3 nitrogen and oxygen atoms in total. The largest absolute Gasteiger partial charge is 0.481 e. The van der Waals surface area contributed by atoms with Gasteiger partial charge in [0.2, 0.25) is 0 Å². The molecule has 0 radical (unpaired) electrons. The van der Waals surface area contributed by atoms with Gasteiger partial charge in [-0.1, -0.05) is 54.2 Å². The molecule has 0 saturated heterocycles. The second-order valence-electron chi connectivity index (χ2n) is 5.98. The van der Waals surface area contributed by atoms with Gasteiger partial charge in [-0.3, -0.25) is 4.79 Å². The predicted octanol–water partition coefficient (Wildman–Crippen LogP) is 5.01. The Labute approximate surface area is 158 Å². The molecule has 1 unspecified atom stereocenters. The SMILES string of the molecule is O=C(O)Cc1ccccc1/C=C/C1(c2ccc(C(F)(F)F)cc2)NC=CS1. The Hall–Kier alpha value is -2.67. The lowest BCUT2D eigenvalue weighted by Crippen LogP contribution is -2.30. The fourth-order valence-corrected chi connectivity index (χ4v) is 3.71. The molecule has 2 N–H and O–H groups in total. The zero-order valence-corrected chi connectivity index (χ0v) is 14.8. The molecule has 0 aromatic heterocycles. The molecule has 0 saturated carbocycles. The Kier molecular flexibility index (Phi) is 5.32. The number of alkyl halides is 3. The highest BCUT2D eigenvalue weighted by Crippen LogP contribution is 2.41. The molecule has 27 heavy (non-hydrogen) atoms. The topological polar surface area (TPSA) is 49.3 Å². The molecule has 0 fully saturated rings. The van der Waals surface area contributed by atoms with Crippen LogP contribution in [0.5, 0.6) is 0 Å². The molecule has 0 bridgehead atoms. The van der Waals surface area contributed by atoms with Crippen LogP contribution in [-0.4, -0.2) is 11.1 Å². The van der Waals surface area contributed by atoms with Crippen molar-refractivity contribution in [2.45, 2.75) is 17.5 Å². The van der Waals surface area contributed by atoms with Crippen LogP contribution in [0, 0.1) is 0 Å². The molecule has 2 aromatic rings. The maximum atomic E-state index is 12.8. The molecule has 1 aliphatic heterocycles. The summed E-state index contributed by atoms with van der Waals surface area (Å²) >= 11 is 1.42. The van der Waals surface area contributed by atoms with E-state index in [0.717, 1.165) is 17.7 Å². The number of benzene rings is 2. The summed E-state index contributed by atoms with van der Waals surface area (Å²) in [6.07, 6.45) is 0.873. The summed E-state index contributed by atoms with van der Waals surface area (Å²) < 4.78 is 38.4. The summed E-state index contributed by atoms with van der Waals surface area (Å²) in [6, 6.07) is 12.1. The van der Waals surface area contributed by atoms with Gasteiger partial charge in [0.05, 0.1) is 12.0 Å². The van der Waals surface area contributed by atoms with Gasteiger partial charge in [0.25, 0.3) is 0 Å². The number of hydrogen-bond donors (Lipinski definition) is 2. The lowest BCUT2D eigenvalue weighted by molar-refractivity contribution is -0.138. The summed E-state index contributed by atoms with van der Waals surface area (Å²) in [5.41, 5.74) is 1.38. The summed E-state index contributed by atoms with van der Waals surface area (Å²) in [5.74, 6) is -0.927. The molecule has 1 atom stereocenters. The Balaban J connectivity index is 1.92. The lowest BCUT2D eigenvalue weighted by atomic mass is 10.00. The highest BCUT2D eigenvalue weighted by molar-refractivity contribution is 8.03. The number of carboxylic acids is 1. The van der Waals surface area contributed by atoms with Gasteiger partial charge in [-0.25, -0.2) is 0 Å². The van der Waals surface area contributed by atoms with Crippen molar-refractivity contribution < 1.29 is 23.1 Å².